The number of rotatable bonds is 6. The molecule has 0 saturated heterocycles. The van der Waals surface area contributed by atoms with E-state index in [2.05, 4.69) is 47.6 Å². The SMILES string of the molecule is CCC(C)CC(C)=CC(C)(CC)CC. The van der Waals surface area contributed by atoms with E-state index in [1.165, 1.54) is 25.7 Å². The van der Waals surface area contributed by atoms with E-state index in [1.807, 2.05) is 0 Å². The van der Waals surface area contributed by atoms with Crippen LogP contribution in [0.2, 0.25) is 0 Å². The molecule has 0 aromatic rings. The monoisotopic (exact) mass is 196 g/mol. The first-order chi connectivity index (χ1) is 6.47. The van der Waals surface area contributed by atoms with Crippen LogP contribution in [0, 0.1) is 11.3 Å². The summed E-state index contributed by atoms with van der Waals surface area (Å²) in [7, 11) is 0. The molecule has 14 heavy (non-hydrogen) atoms. The van der Waals surface area contributed by atoms with Gasteiger partial charge in [0.2, 0.25) is 0 Å². The Labute approximate surface area is 90.8 Å². The van der Waals surface area contributed by atoms with Gasteiger partial charge in [0.25, 0.3) is 0 Å². The van der Waals surface area contributed by atoms with Crippen molar-refractivity contribution in [2.45, 2.75) is 67.2 Å². The van der Waals surface area contributed by atoms with Gasteiger partial charge in [0, 0.05) is 0 Å². The Bertz CT molecular complexity index is 172. The van der Waals surface area contributed by atoms with E-state index in [9.17, 15) is 0 Å². The lowest BCUT2D eigenvalue weighted by Crippen LogP contribution is -2.11. The van der Waals surface area contributed by atoms with Crippen molar-refractivity contribution in [2.24, 2.45) is 11.3 Å². The molecule has 0 radical (unpaired) electrons. The summed E-state index contributed by atoms with van der Waals surface area (Å²) in [5.41, 5.74) is 2.00. The lowest BCUT2D eigenvalue weighted by atomic mass is 9.82. The third kappa shape index (κ3) is 4.83. The maximum Gasteiger partial charge on any atom is -0.0149 e. The molecule has 84 valence electrons. The van der Waals surface area contributed by atoms with Crippen LogP contribution in [0.15, 0.2) is 11.6 Å². The minimum Gasteiger partial charge on any atom is -0.0797 e. The quantitative estimate of drug-likeness (QED) is 0.512. The van der Waals surface area contributed by atoms with Crippen molar-refractivity contribution in [3.05, 3.63) is 11.6 Å². The molecule has 0 nitrogen and oxygen atoms in total. The average Bonchev–Trinajstić information content (AvgIpc) is 2.17. The highest BCUT2D eigenvalue weighted by atomic mass is 14.2. The maximum atomic E-state index is 2.50. The Morgan fingerprint density at radius 1 is 1.21 bits per heavy atom. The zero-order valence-electron chi connectivity index (χ0n) is 11.0. The molecule has 1 unspecified atom stereocenters. The maximum absolute atomic E-state index is 2.50. The van der Waals surface area contributed by atoms with Gasteiger partial charge in [-0.15, -0.1) is 0 Å². The summed E-state index contributed by atoms with van der Waals surface area (Å²) in [4.78, 5) is 0. The van der Waals surface area contributed by atoms with E-state index in [4.69, 9.17) is 0 Å². The zero-order chi connectivity index (χ0) is 11.2. The fourth-order valence-electron chi connectivity index (χ4n) is 1.80. The van der Waals surface area contributed by atoms with Gasteiger partial charge in [-0.25, -0.2) is 0 Å². The third-order valence-electron chi connectivity index (χ3n) is 3.58. The van der Waals surface area contributed by atoms with Gasteiger partial charge in [0.15, 0.2) is 0 Å². The van der Waals surface area contributed by atoms with Crippen molar-refractivity contribution >= 4 is 0 Å². The van der Waals surface area contributed by atoms with Crippen LogP contribution in [0.5, 0.6) is 0 Å². The second-order valence-corrected chi connectivity index (χ2v) is 5.07. The van der Waals surface area contributed by atoms with Crippen LogP contribution in [0.1, 0.15) is 67.2 Å². The average molecular weight is 196 g/mol. The molecule has 0 aromatic carbocycles. The third-order valence-corrected chi connectivity index (χ3v) is 3.58. The van der Waals surface area contributed by atoms with E-state index in [0.717, 1.165) is 5.92 Å². The van der Waals surface area contributed by atoms with Gasteiger partial charge in [-0.3, -0.25) is 0 Å². The number of hydrogen-bond donors (Lipinski definition) is 0. The molecule has 0 aliphatic carbocycles. The topological polar surface area (TPSA) is 0 Å². The molecule has 0 heterocycles. The van der Waals surface area contributed by atoms with Crippen LogP contribution < -0.4 is 0 Å². The van der Waals surface area contributed by atoms with Crippen molar-refractivity contribution in [1.82, 2.24) is 0 Å². The first-order valence-electron chi connectivity index (χ1n) is 6.15. The Kier molecular flexibility index (Phi) is 6.15. The molecule has 0 heteroatoms. The Morgan fingerprint density at radius 2 is 1.71 bits per heavy atom. The molecule has 0 amide bonds. The van der Waals surface area contributed by atoms with Crippen LogP contribution in [0.4, 0.5) is 0 Å². The van der Waals surface area contributed by atoms with Crippen LogP contribution in [0.3, 0.4) is 0 Å². The Hall–Kier alpha value is -0.260. The normalized spacial score (nSPS) is 15.7. The second-order valence-electron chi connectivity index (χ2n) is 5.07. The van der Waals surface area contributed by atoms with Gasteiger partial charge in [0.1, 0.15) is 0 Å². The van der Waals surface area contributed by atoms with Crippen LogP contribution >= 0.6 is 0 Å². The summed E-state index contributed by atoms with van der Waals surface area (Å²) >= 11 is 0. The summed E-state index contributed by atoms with van der Waals surface area (Å²) < 4.78 is 0. The minimum absolute atomic E-state index is 0.428. The molecule has 0 aliphatic heterocycles. The standard InChI is InChI=1S/C14H28/c1-7-12(4)10-13(5)11-14(6,8-2)9-3/h11-12H,7-10H2,1-6H3. The highest BCUT2D eigenvalue weighted by Gasteiger charge is 2.16. The lowest BCUT2D eigenvalue weighted by Gasteiger charge is -2.24. The first-order valence-corrected chi connectivity index (χ1v) is 6.15. The highest BCUT2D eigenvalue weighted by Crippen LogP contribution is 2.30. The largest absolute Gasteiger partial charge is 0.0797 e. The molecule has 1 atom stereocenters. The number of hydrogen-bond acceptors (Lipinski definition) is 0. The zero-order valence-corrected chi connectivity index (χ0v) is 11.0. The van der Waals surface area contributed by atoms with E-state index in [-0.39, 0.29) is 0 Å². The van der Waals surface area contributed by atoms with Gasteiger partial charge in [-0.2, -0.15) is 0 Å². The van der Waals surface area contributed by atoms with Gasteiger partial charge in [-0.1, -0.05) is 52.7 Å². The summed E-state index contributed by atoms with van der Waals surface area (Å²) in [5, 5.41) is 0. The molecule has 0 bridgehead atoms. The van der Waals surface area contributed by atoms with E-state index in [1.54, 1.807) is 5.57 Å². The van der Waals surface area contributed by atoms with E-state index in [0.29, 0.717) is 5.41 Å². The van der Waals surface area contributed by atoms with Crippen LogP contribution in [-0.4, -0.2) is 0 Å². The Morgan fingerprint density at radius 3 is 2.07 bits per heavy atom. The predicted molar refractivity (Wildman–Crippen MR) is 66.5 cm³/mol. The Balaban J connectivity index is 4.33. The van der Waals surface area contributed by atoms with Gasteiger partial charge in [-0.05, 0) is 37.5 Å². The van der Waals surface area contributed by atoms with Crippen molar-refractivity contribution in [1.29, 1.82) is 0 Å². The molecule has 0 aliphatic rings. The van der Waals surface area contributed by atoms with Crippen molar-refractivity contribution in [3.8, 4) is 0 Å². The summed E-state index contributed by atoms with van der Waals surface area (Å²) in [6.07, 6.45) is 7.56. The van der Waals surface area contributed by atoms with E-state index >= 15 is 0 Å². The molecule has 0 aromatic heterocycles. The molecule has 0 saturated carbocycles. The molecule has 0 N–H and O–H groups in total. The molecule has 0 spiro atoms. The lowest BCUT2D eigenvalue weighted by molar-refractivity contribution is 0.390. The van der Waals surface area contributed by atoms with Crippen LogP contribution in [0.25, 0.3) is 0 Å². The van der Waals surface area contributed by atoms with Gasteiger partial charge < -0.3 is 0 Å². The highest BCUT2D eigenvalue weighted by molar-refractivity contribution is 5.06. The van der Waals surface area contributed by atoms with Gasteiger partial charge >= 0.3 is 0 Å². The molecular formula is C14H28. The van der Waals surface area contributed by atoms with Gasteiger partial charge in [0.05, 0.1) is 0 Å². The first kappa shape index (κ1) is 13.7. The smallest absolute Gasteiger partial charge is 0.0149 e. The molecule has 0 rings (SSSR count). The second kappa shape index (κ2) is 6.27. The molecule has 0 fully saturated rings. The van der Waals surface area contributed by atoms with Crippen LogP contribution in [-0.2, 0) is 0 Å². The van der Waals surface area contributed by atoms with E-state index < -0.39 is 0 Å². The summed E-state index contributed by atoms with van der Waals surface area (Å²) in [6.45, 7) is 13.8. The summed E-state index contributed by atoms with van der Waals surface area (Å²) in [6, 6.07) is 0. The van der Waals surface area contributed by atoms with Crippen molar-refractivity contribution < 1.29 is 0 Å². The fraction of sp³-hybridized carbons (Fsp3) is 0.857. The molecular weight excluding hydrogens is 168 g/mol. The summed E-state index contributed by atoms with van der Waals surface area (Å²) in [5.74, 6) is 0.837. The van der Waals surface area contributed by atoms with Crippen molar-refractivity contribution in [3.63, 3.8) is 0 Å². The van der Waals surface area contributed by atoms with Crippen molar-refractivity contribution in [2.75, 3.05) is 0 Å². The fourth-order valence-corrected chi connectivity index (χ4v) is 1.80. The predicted octanol–water partition coefficient (Wildman–Crippen LogP) is 5.20. The number of allylic oxidation sites excluding steroid dienone is 2. The minimum atomic E-state index is 0.428.